The highest BCUT2D eigenvalue weighted by molar-refractivity contribution is 7.98. The number of halogens is 1. The molecule has 1 aliphatic rings. The van der Waals surface area contributed by atoms with Crippen LogP contribution in [0.3, 0.4) is 0 Å². The third-order valence-electron chi connectivity index (χ3n) is 3.96. The van der Waals surface area contributed by atoms with Crippen molar-refractivity contribution in [1.82, 2.24) is 0 Å². The Morgan fingerprint density at radius 2 is 2.05 bits per heavy atom. The summed E-state index contributed by atoms with van der Waals surface area (Å²) < 4.78 is 14.2. The van der Waals surface area contributed by atoms with Gasteiger partial charge in [-0.05, 0) is 28.7 Å². The van der Waals surface area contributed by atoms with E-state index in [4.69, 9.17) is 6.57 Å². The molecular formula is C18H16FNS. The van der Waals surface area contributed by atoms with Crippen LogP contribution in [0.5, 0.6) is 0 Å². The Hall–Kier alpha value is -1.79. The summed E-state index contributed by atoms with van der Waals surface area (Å²) in [6, 6.07) is 11.2. The minimum Gasteiger partial charge on any atom is -0.238 e. The SMILES string of the molecule is [C-]#[N+]c1ccc2c(c1)CSc1c(F)cccc1C2C(C)C. The van der Waals surface area contributed by atoms with Gasteiger partial charge < -0.3 is 0 Å². The summed E-state index contributed by atoms with van der Waals surface area (Å²) in [4.78, 5) is 4.27. The van der Waals surface area contributed by atoms with Crippen LogP contribution in [-0.4, -0.2) is 0 Å². The first kappa shape index (κ1) is 14.2. The minimum atomic E-state index is -0.138. The Kier molecular flexibility index (Phi) is 3.73. The van der Waals surface area contributed by atoms with E-state index < -0.39 is 0 Å². The highest BCUT2D eigenvalue weighted by Crippen LogP contribution is 2.45. The molecule has 1 atom stereocenters. The Morgan fingerprint density at radius 1 is 1.24 bits per heavy atom. The van der Waals surface area contributed by atoms with Gasteiger partial charge in [0.25, 0.3) is 0 Å². The molecule has 0 bridgehead atoms. The van der Waals surface area contributed by atoms with Gasteiger partial charge in [-0.25, -0.2) is 9.24 Å². The fourth-order valence-electron chi connectivity index (χ4n) is 3.05. The Balaban J connectivity index is 2.23. The van der Waals surface area contributed by atoms with Crippen molar-refractivity contribution < 1.29 is 4.39 Å². The van der Waals surface area contributed by atoms with Crippen LogP contribution < -0.4 is 0 Å². The van der Waals surface area contributed by atoms with Crippen LogP contribution in [0, 0.1) is 18.3 Å². The van der Waals surface area contributed by atoms with Crippen LogP contribution >= 0.6 is 11.8 Å². The summed E-state index contributed by atoms with van der Waals surface area (Å²) in [7, 11) is 0. The Morgan fingerprint density at radius 3 is 2.76 bits per heavy atom. The van der Waals surface area contributed by atoms with Gasteiger partial charge in [0.05, 0.1) is 6.57 Å². The molecule has 3 rings (SSSR count). The first-order valence-electron chi connectivity index (χ1n) is 7.03. The van der Waals surface area contributed by atoms with E-state index in [1.807, 2.05) is 24.3 Å². The fraction of sp³-hybridized carbons (Fsp3) is 0.278. The van der Waals surface area contributed by atoms with Crippen LogP contribution in [0.4, 0.5) is 10.1 Å². The molecule has 106 valence electrons. The van der Waals surface area contributed by atoms with E-state index in [0.29, 0.717) is 11.6 Å². The molecule has 1 nitrogen and oxygen atoms in total. The van der Waals surface area contributed by atoms with E-state index in [-0.39, 0.29) is 11.7 Å². The highest BCUT2D eigenvalue weighted by Gasteiger charge is 2.28. The monoisotopic (exact) mass is 297 g/mol. The second-order valence-electron chi connectivity index (χ2n) is 5.66. The lowest BCUT2D eigenvalue weighted by atomic mass is 9.80. The molecular weight excluding hydrogens is 281 g/mol. The first-order valence-corrected chi connectivity index (χ1v) is 8.02. The zero-order valence-corrected chi connectivity index (χ0v) is 12.9. The number of rotatable bonds is 1. The van der Waals surface area contributed by atoms with Crippen LogP contribution in [0.1, 0.15) is 36.5 Å². The highest BCUT2D eigenvalue weighted by atomic mass is 32.2. The number of hydrogen-bond donors (Lipinski definition) is 0. The van der Waals surface area contributed by atoms with Gasteiger partial charge in [0.1, 0.15) is 5.82 Å². The number of thioether (sulfide) groups is 1. The predicted octanol–water partition coefficient (Wildman–Crippen LogP) is 5.77. The van der Waals surface area contributed by atoms with E-state index >= 15 is 0 Å². The molecule has 2 aromatic carbocycles. The largest absolute Gasteiger partial charge is 0.238 e. The third kappa shape index (κ3) is 2.45. The van der Waals surface area contributed by atoms with E-state index in [9.17, 15) is 4.39 Å². The summed E-state index contributed by atoms with van der Waals surface area (Å²) in [5.41, 5.74) is 4.12. The topological polar surface area (TPSA) is 4.36 Å². The van der Waals surface area contributed by atoms with E-state index in [0.717, 1.165) is 21.8 Å². The van der Waals surface area contributed by atoms with E-state index in [1.54, 1.807) is 17.8 Å². The molecule has 0 N–H and O–H groups in total. The molecule has 2 aromatic rings. The summed E-state index contributed by atoms with van der Waals surface area (Å²) in [6.07, 6.45) is 0. The van der Waals surface area contributed by atoms with Gasteiger partial charge in [-0.1, -0.05) is 44.2 Å². The second-order valence-corrected chi connectivity index (χ2v) is 6.65. The van der Waals surface area contributed by atoms with Crippen molar-refractivity contribution in [3.63, 3.8) is 0 Å². The lowest BCUT2D eigenvalue weighted by Crippen LogP contribution is -2.10. The molecule has 1 heterocycles. The molecule has 0 aliphatic carbocycles. The van der Waals surface area contributed by atoms with Gasteiger partial charge >= 0.3 is 0 Å². The fourth-order valence-corrected chi connectivity index (χ4v) is 4.17. The zero-order chi connectivity index (χ0) is 15.0. The van der Waals surface area contributed by atoms with Crippen LogP contribution in [0.2, 0.25) is 0 Å². The Bertz CT molecular complexity index is 730. The maximum absolute atomic E-state index is 14.2. The third-order valence-corrected chi connectivity index (χ3v) is 5.14. The van der Waals surface area contributed by atoms with Gasteiger partial charge in [-0.2, -0.15) is 0 Å². The van der Waals surface area contributed by atoms with Crippen molar-refractivity contribution in [1.29, 1.82) is 0 Å². The molecule has 3 heteroatoms. The maximum Gasteiger partial charge on any atom is 0.187 e. The number of nitrogens with zero attached hydrogens (tertiary/aromatic N) is 1. The standard InChI is InChI=1S/C18H16FNS/c1-11(2)17-14-8-7-13(20-3)9-12(14)10-21-18-15(17)5-4-6-16(18)19/h4-9,11,17H,10H2,1-2H3. The van der Waals surface area contributed by atoms with Gasteiger partial charge in [-0.15, -0.1) is 11.8 Å². The summed E-state index contributed by atoms with van der Waals surface area (Å²) in [5, 5.41) is 0. The number of hydrogen-bond acceptors (Lipinski definition) is 1. The minimum absolute atomic E-state index is 0.138. The van der Waals surface area contributed by atoms with Gasteiger partial charge in [0.15, 0.2) is 5.69 Å². The van der Waals surface area contributed by atoms with E-state index in [2.05, 4.69) is 18.7 Å². The first-order chi connectivity index (χ1) is 10.1. The molecule has 0 saturated heterocycles. The van der Waals surface area contributed by atoms with Crippen LogP contribution in [0.25, 0.3) is 4.85 Å². The van der Waals surface area contributed by atoms with Crippen molar-refractivity contribution in [2.24, 2.45) is 5.92 Å². The van der Waals surface area contributed by atoms with Crippen molar-refractivity contribution in [2.75, 3.05) is 0 Å². The molecule has 0 amide bonds. The lowest BCUT2D eigenvalue weighted by molar-refractivity contribution is 0.539. The van der Waals surface area contributed by atoms with E-state index in [1.165, 1.54) is 11.6 Å². The zero-order valence-electron chi connectivity index (χ0n) is 12.1. The van der Waals surface area contributed by atoms with Gasteiger partial charge in [0.2, 0.25) is 0 Å². The summed E-state index contributed by atoms with van der Waals surface area (Å²) >= 11 is 1.54. The average Bonchev–Trinajstić information content (AvgIpc) is 2.63. The van der Waals surface area contributed by atoms with Crippen molar-refractivity contribution in [3.8, 4) is 0 Å². The Labute approximate surface area is 129 Å². The van der Waals surface area contributed by atoms with Crippen molar-refractivity contribution in [2.45, 2.75) is 30.4 Å². The molecule has 21 heavy (non-hydrogen) atoms. The molecule has 0 fully saturated rings. The quantitative estimate of drug-likeness (QED) is 0.605. The normalized spacial score (nSPS) is 16.8. The molecule has 0 radical (unpaired) electrons. The maximum atomic E-state index is 14.2. The molecule has 0 spiro atoms. The second kappa shape index (κ2) is 5.54. The molecule has 1 unspecified atom stereocenters. The molecule has 1 aliphatic heterocycles. The van der Waals surface area contributed by atoms with Crippen molar-refractivity contribution >= 4 is 17.4 Å². The predicted molar refractivity (Wildman–Crippen MR) is 85.3 cm³/mol. The lowest BCUT2D eigenvalue weighted by Gasteiger charge is -2.24. The molecule has 0 saturated carbocycles. The van der Waals surface area contributed by atoms with Gasteiger partial charge in [0, 0.05) is 16.6 Å². The number of fused-ring (bicyclic) bond motifs is 2. The van der Waals surface area contributed by atoms with Crippen LogP contribution in [-0.2, 0) is 5.75 Å². The smallest absolute Gasteiger partial charge is 0.187 e. The van der Waals surface area contributed by atoms with Crippen molar-refractivity contribution in [3.05, 3.63) is 70.3 Å². The van der Waals surface area contributed by atoms with Gasteiger partial charge in [-0.3, -0.25) is 0 Å². The summed E-state index contributed by atoms with van der Waals surface area (Å²) in [6.45, 7) is 11.5. The summed E-state index contributed by atoms with van der Waals surface area (Å²) in [5.74, 6) is 1.14. The number of benzene rings is 2. The average molecular weight is 297 g/mol. The molecule has 0 aromatic heterocycles. The van der Waals surface area contributed by atoms with Crippen LogP contribution in [0.15, 0.2) is 41.3 Å².